The number of hydrogen-bond donors (Lipinski definition) is 3. The number of primary sulfonamides is 1. The Hall–Kier alpha value is -1.94. The first-order chi connectivity index (χ1) is 9.74. The van der Waals surface area contributed by atoms with Crippen LogP contribution < -0.4 is 10.5 Å². The number of aromatic nitrogens is 2. The van der Waals surface area contributed by atoms with Crippen LogP contribution in [0.1, 0.15) is 26.2 Å². The van der Waals surface area contributed by atoms with Gasteiger partial charge in [0, 0.05) is 19.2 Å². The van der Waals surface area contributed by atoms with Gasteiger partial charge in [-0.2, -0.15) is 5.10 Å². The van der Waals surface area contributed by atoms with Gasteiger partial charge in [-0.1, -0.05) is 13.3 Å². The number of hydrogen-bond acceptors (Lipinski definition) is 5. The lowest BCUT2D eigenvalue weighted by Crippen LogP contribution is -2.40. The van der Waals surface area contributed by atoms with Crippen LogP contribution in [0.25, 0.3) is 0 Å². The molecule has 1 aromatic heterocycles. The maximum atomic E-state index is 11.7. The first kappa shape index (κ1) is 17.1. The molecular weight excluding hydrogens is 300 g/mol. The number of nitrogens with one attached hydrogen (secondary N) is 1. The van der Waals surface area contributed by atoms with Crippen molar-refractivity contribution in [3.05, 3.63) is 12.4 Å². The molecule has 1 amide bonds. The van der Waals surface area contributed by atoms with Gasteiger partial charge < -0.3 is 10.4 Å². The van der Waals surface area contributed by atoms with Gasteiger partial charge >= 0.3 is 5.97 Å². The van der Waals surface area contributed by atoms with Crippen LogP contribution in [-0.2, 0) is 26.2 Å². The first-order valence-electron chi connectivity index (χ1n) is 6.31. The van der Waals surface area contributed by atoms with Crippen LogP contribution >= 0.6 is 0 Å². The van der Waals surface area contributed by atoms with E-state index in [2.05, 4.69) is 10.4 Å². The van der Waals surface area contributed by atoms with Crippen molar-refractivity contribution in [1.29, 1.82) is 0 Å². The number of nitrogens with two attached hydrogens (primary N) is 1. The van der Waals surface area contributed by atoms with Crippen molar-refractivity contribution < 1.29 is 23.1 Å². The highest BCUT2D eigenvalue weighted by atomic mass is 32.2. The monoisotopic (exact) mass is 318 g/mol. The molecule has 4 N–H and O–H groups in total. The summed E-state index contributed by atoms with van der Waals surface area (Å²) >= 11 is 0. The fourth-order valence-corrected chi connectivity index (χ4v) is 2.11. The molecule has 1 aromatic rings. The number of carbonyl (C=O) groups is 2. The largest absolute Gasteiger partial charge is 0.480 e. The quantitative estimate of drug-likeness (QED) is 0.577. The molecular formula is C11H18N4O5S. The molecule has 1 rings (SSSR count). The molecule has 0 bridgehead atoms. The molecule has 0 radical (unpaired) electrons. The SMILES string of the molecule is CCCC(NC(=O)CCn1cc(S(N)(=O)=O)cn1)C(=O)O. The van der Waals surface area contributed by atoms with Crippen LogP contribution in [0.15, 0.2) is 17.3 Å². The molecule has 21 heavy (non-hydrogen) atoms. The molecule has 1 unspecified atom stereocenters. The lowest BCUT2D eigenvalue weighted by molar-refractivity contribution is -0.142. The predicted molar refractivity (Wildman–Crippen MR) is 72.7 cm³/mol. The van der Waals surface area contributed by atoms with E-state index in [0.29, 0.717) is 12.8 Å². The second-order valence-corrected chi connectivity index (χ2v) is 6.04. The normalized spacial score (nSPS) is 12.9. The van der Waals surface area contributed by atoms with Gasteiger partial charge in [-0.3, -0.25) is 9.48 Å². The number of carboxylic acid groups (broad SMARTS) is 1. The zero-order chi connectivity index (χ0) is 16.0. The number of carbonyl (C=O) groups excluding carboxylic acids is 1. The van der Waals surface area contributed by atoms with Crippen molar-refractivity contribution in [2.24, 2.45) is 5.14 Å². The third-order valence-electron chi connectivity index (χ3n) is 2.72. The van der Waals surface area contributed by atoms with E-state index in [4.69, 9.17) is 10.2 Å². The minimum Gasteiger partial charge on any atom is -0.480 e. The zero-order valence-electron chi connectivity index (χ0n) is 11.5. The average Bonchev–Trinajstić information content (AvgIpc) is 2.84. The Bertz CT molecular complexity index is 610. The molecule has 1 heterocycles. The van der Waals surface area contributed by atoms with E-state index >= 15 is 0 Å². The smallest absolute Gasteiger partial charge is 0.326 e. The van der Waals surface area contributed by atoms with E-state index in [1.54, 1.807) is 0 Å². The van der Waals surface area contributed by atoms with Crippen molar-refractivity contribution in [1.82, 2.24) is 15.1 Å². The molecule has 0 saturated heterocycles. The van der Waals surface area contributed by atoms with E-state index < -0.39 is 27.9 Å². The standard InChI is InChI=1S/C11H18N4O5S/c1-2-3-9(11(17)18)14-10(16)4-5-15-7-8(6-13-15)21(12,19)20/h6-7,9H,2-5H2,1H3,(H,14,16)(H,17,18)(H2,12,19,20). The van der Waals surface area contributed by atoms with Crippen LogP contribution in [0, 0.1) is 0 Å². The maximum absolute atomic E-state index is 11.7. The Morgan fingerprint density at radius 3 is 2.67 bits per heavy atom. The second kappa shape index (κ2) is 7.18. The summed E-state index contributed by atoms with van der Waals surface area (Å²) < 4.78 is 23.4. The van der Waals surface area contributed by atoms with Gasteiger partial charge in [-0.05, 0) is 6.42 Å². The summed E-state index contributed by atoms with van der Waals surface area (Å²) in [6, 6.07) is -0.917. The number of amides is 1. The molecule has 0 aliphatic heterocycles. The van der Waals surface area contributed by atoms with Gasteiger partial charge in [-0.15, -0.1) is 0 Å². The Labute approximate surface area is 122 Å². The number of nitrogens with zero attached hydrogens (tertiary/aromatic N) is 2. The van der Waals surface area contributed by atoms with Gasteiger partial charge in [0.2, 0.25) is 15.9 Å². The lowest BCUT2D eigenvalue weighted by Gasteiger charge is -2.13. The lowest BCUT2D eigenvalue weighted by atomic mass is 10.1. The van der Waals surface area contributed by atoms with Crippen molar-refractivity contribution in [2.45, 2.75) is 43.7 Å². The Kier molecular flexibility index (Phi) is 5.85. The first-order valence-corrected chi connectivity index (χ1v) is 7.86. The molecule has 10 heteroatoms. The van der Waals surface area contributed by atoms with Gasteiger partial charge in [0.15, 0.2) is 0 Å². The third-order valence-corrected chi connectivity index (χ3v) is 3.58. The Balaban J connectivity index is 2.53. The summed E-state index contributed by atoms with van der Waals surface area (Å²) in [6.07, 6.45) is 3.26. The molecule has 0 saturated carbocycles. The zero-order valence-corrected chi connectivity index (χ0v) is 12.3. The molecule has 0 aromatic carbocycles. The van der Waals surface area contributed by atoms with Crippen LogP contribution in [0.3, 0.4) is 0 Å². The minimum atomic E-state index is -3.82. The summed E-state index contributed by atoms with van der Waals surface area (Å²) in [6.45, 7) is 1.94. The fourth-order valence-electron chi connectivity index (χ4n) is 1.64. The molecule has 0 aliphatic rings. The topological polar surface area (TPSA) is 144 Å². The second-order valence-electron chi connectivity index (χ2n) is 4.48. The van der Waals surface area contributed by atoms with E-state index in [0.717, 1.165) is 6.20 Å². The highest BCUT2D eigenvalue weighted by Gasteiger charge is 2.18. The Morgan fingerprint density at radius 1 is 1.52 bits per heavy atom. The summed E-state index contributed by atoms with van der Waals surface area (Å²) in [4.78, 5) is 22.4. The fraction of sp³-hybridized carbons (Fsp3) is 0.545. The highest BCUT2D eigenvalue weighted by molar-refractivity contribution is 7.89. The third kappa shape index (κ3) is 5.52. The maximum Gasteiger partial charge on any atom is 0.326 e. The van der Waals surface area contributed by atoms with Crippen LogP contribution in [0.2, 0.25) is 0 Å². The Morgan fingerprint density at radius 2 is 2.19 bits per heavy atom. The van der Waals surface area contributed by atoms with Crippen molar-refractivity contribution in [3.8, 4) is 0 Å². The van der Waals surface area contributed by atoms with Gasteiger partial charge in [0.25, 0.3) is 0 Å². The van der Waals surface area contributed by atoms with Crippen LogP contribution in [0.4, 0.5) is 0 Å². The summed E-state index contributed by atoms with van der Waals surface area (Å²) in [5.74, 6) is -1.52. The van der Waals surface area contributed by atoms with Gasteiger partial charge in [-0.25, -0.2) is 18.4 Å². The molecule has 9 nitrogen and oxygen atoms in total. The molecule has 1 atom stereocenters. The van der Waals surface area contributed by atoms with Crippen molar-refractivity contribution >= 4 is 21.9 Å². The molecule has 0 spiro atoms. The van der Waals surface area contributed by atoms with Crippen LogP contribution in [-0.4, -0.2) is 41.2 Å². The number of aliphatic carboxylic acids is 1. The highest BCUT2D eigenvalue weighted by Crippen LogP contribution is 2.04. The number of rotatable bonds is 8. The van der Waals surface area contributed by atoms with Gasteiger partial charge in [0.05, 0.1) is 6.20 Å². The summed E-state index contributed by atoms with van der Waals surface area (Å²) in [5.41, 5.74) is 0. The van der Waals surface area contributed by atoms with E-state index in [1.807, 2.05) is 6.92 Å². The molecule has 0 fully saturated rings. The number of carboxylic acids is 1. The van der Waals surface area contributed by atoms with E-state index in [1.165, 1.54) is 10.9 Å². The van der Waals surface area contributed by atoms with Crippen LogP contribution in [0.5, 0.6) is 0 Å². The average molecular weight is 318 g/mol. The molecule has 118 valence electrons. The van der Waals surface area contributed by atoms with Gasteiger partial charge in [0.1, 0.15) is 10.9 Å². The summed E-state index contributed by atoms with van der Waals surface area (Å²) in [7, 11) is -3.82. The number of aryl methyl sites for hydroxylation is 1. The summed E-state index contributed by atoms with van der Waals surface area (Å²) in [5, 5.41) is 20.0. The minimum absolute atomic E-state index is 0.0146. The van der Waals surface area contributed by atoms with E-state index in [9.17, 15) is 18.0 Å². The van der Waals surface area contributed by atoms with Crippen molar-refractivity contribution in [2.75, 3.05) is 0 Å². The number of sulfonamides is 1. The predicted octanol–water partition coefficient (Wildman–Crippen LogP) is -0.710. The van der Waals surface area contributed by atoms with E-state index in [-0.39, 0.29) is 17.9 Å². The molecule has 0 aliphatic carbocycles. The van der Waals surface area contributed by atoms with Crippen molar-refractivity contribution in [3.63, 3.8) is 0 Å².